The molecule has 1 aliphatic rings. The fourth-order valence-electron chi connectivity index (χ4n) is 4.67. The minimum absolute atomic E-state index is 0.0828. The molecule has 0 bridgehead atoms. The van der Waals surface area contributed by atoms with Crippen LogP contribution >= 0.6 is 0 Å². The summed E-state index contributed by atoms with van der Waals surface area (Å²) in [5.74, 6) is -3.60. The second-order valence-corrected chi connectivity index (χ2v) is 8.83. The van der Waals surface area contributed by atoms with Crippen molar-refractivity contribution in [1.29, 1.82) is 0 Å². The number of fused-ring (bicyclic) bond motifs is 1. The molecule has 9 heteroatoms. The lowest BCUT2D eigenvalue weighted by Gasteiger charge is -2.19. The van der Waals surface area contributed by atoms with Crippen molar-refractivity contribution in [2.75, 3.05) is 4.90 Å². The molecule has 0 saturated heterocycles. The standard InChI is InChI=1S/C29H18F2N4O3/c30-23-11-9-17(13-24(23)31)18-8-10-21(29(37)38)25(14-18)35-15-20-7-6-19(12-22(20)28(35)36)27-26(32-34-33-27)16-4-2-1-3-5-16/h1-14H,15H2,(H,37,38)(H,32,33,34). The van der Waals surface area contributed by atoms with Crippen LogP contribution in [0, 0.1) is 11.6 Å². The highest BCUT2D eigenvalue weighted by Gasteiger charge is 2.32. The number of carbonyl (C=O) groups is 2. The molecule has 0 fully saturated rings. The summed E-state index contributed by atoms with van der Waals surface area (Å²) in [6, 6.07) is 22.7. The molecule has 0 aliphatic carbocycles. The molecule has 0 atom stereocenters. The second-order valence-electron chi connectivity index (χ2n) is 8.83. The van der Waals surface area contributed by atoms with Crippen molar-refractivity contribution >= 4 is 17.6 Å². The van der Waals surface area contributed by atoms with Crippen LogP contribution in [0.4, 0.5) is 14.5 Å². The monoisotopic (exact) mass is 508 g/mol. The maximum absolute atomic E-state index is 13.9. The Morgan fingerprint density at radius 1 is 0.842 bits per heavy atom. The molecule has 1 aliphatic heterocycles. The van der Waals surface area contributed by atoms with Crippen LogP contribution in [0.2, 0.25) is 0 Å². The number of nitrogens with zero attached hydrogens (tertiary/aromatic N) is 3. The van der Waals surface area contributed by atoms with E-state index in [9.17, 15) is 23.5 Å². The van der Waals surface area contributed by atoms with Gasteiger partial charge in [0.05, 0.1) is 23.5 Å². The lowest BCUT2D eigenvalue weighted by atomic mass is 10.0. The van der Waals surface area contributed by atoms with E-state index >= 15 is 0 Å². The predicted octanol–water partition coefficient (Wildman–Crippen LogP) is 5.94. The quantitative estimate of drug-likeness (QED) is 0.306. The van der Waals surface area contributed by atoms with Gasteiger partial charge in [-0.15, -0.1) is 5.10 Å². The number of hydrogen-bond donors (Lipinski definition) is 2. The number of benzene rings is 4. The van der Waals surface area contributed by atoms with Crippen molar-refractivity contribution in [1.82, 2.24) is 15.4 Å². The number of aromatic amines is 1. The van der Waals surface area contributed by atoms with Crippen LogP contribution in [0.5, 0.6) is 0 Å². The van der Waals surface area contributed by atoms with Crippen LogP contribution in [-0.4, -0.2) is 32.4 Å². The largest absolute Gasteiger partial charge is 0.478 e. The van der Waals surface area contributed by atoms with Crippen LogP contribution in [-0.2, 0) is 6.54 Å². The SMILES string of the molecule is O=C(O)c1ccc(-c2ccc(F)c(F)c2)cc1N1Cc2ccc(-c3nn[nH]c3-c3ccccc3)cc2C1=O. The summed E-state index contributed by atoms with van der Waals surface area (Å²) in [6.07, 6.45) is 0. The van der Waals surface area contributed by atoms with Gasteiger partial charge in [-0.05, 0) is 47.0 Å². The van der Waals surface area contributed by atoms with E-state index in [1.54, 1.807) is 6.07 Å². The Morgan fingerprint density at radius 2 is 1.58 bits per heavy atom. The summed E-state index contributed by atoms with van der Waals surface area (Å²) >= 11 is 0. The number of hydrogen-bond acceptors (Lipinski definition) is 4. The van der Waals surface area contributed by atoms with E-state index in [4.69, 9.17) is 0 Å². The zero-order valence-corrected chi connectivity index (χ0v) is 19.7. The van der Waals surface area contributed by atoms with Crippen LogP contribution in [0.25, 0.3) is 33.6 Å². The molecule has 1 aromatic heterocycles. The Balaban J connectivity index is 1.39. The fraction of sp³-hybridized carbons (Fsp3) is 0.0345. The van der Waals surface area contributed by atoms with Crippen molar-refractivity contribution in [2.24, 2.45) is 0 Å². The van der Waals surface area contributed by atoms with Crippen LogP contribution in [0.15, 0.2) is 84.9 Å². The second kappa shape index (κ2) is 9.04. The van der Waals surface area contributed by atoms with Crippen molar-refractivity contribution in [3.05, 3.63) is 113 Å². The Bertz CT molecular complexity index is 1730. The first-order valence-corrected chi connectivity index (χ1v) is 11.6. The Morgan fingerprint density at radius 3 is 2.34 bits per heavy atom. The average molecular weight is 508 g/mol. The minimum Gasteiger partial charge on any atom is -0.478 e. The van der Waals surface area contributed by atoms with Crippen LogP contribution in [0.1, 0.15) is 26.3 Å². The number of rotatable bonds is 5. The third-order valence-electron chi connectivity index (χ3n) is 6.57. The molecule has 0 saturated carbocycles. The Hall–Kier alpha value is -5.18. The van der Waals surface area contributed by atoms with E-state index in [0.29, 0.717) is 33.6 Å². The highest BCUT2D eigenvalue weighted by Crippen LogP contribution is 2.37. The Kier molecular flexibility index (Phi) is 5.53. The number of carboxylic acid groups (broad SMARTS) is 1. The number of carboxylic acids is 1. The molecule has 0 spiro atoms. The summed E-state index contributed by atoms with van der Waals surface area (Å²) in [5.41, 5.74) is 4.88. The molecule has 2 heterocycles. The van der Waals surface area contributed by atoms with Crippen LogP contribution < -0.4 is 4.90 Å². The van der Waals surface area contributed by atoms with E-state index < -0.39 is 17.6 Å². The summed E-state index contributed by atoms with van der Waals surface area (Å²) in [4.78, 5) is 27.0. The van der Waals surface area contributed by atoms with Gasteiger partial charge in [0.25, 0.3) is 5.91 Å². The molecular formula is C29H18F2N4O3. The average Bonchev–Trinajstić information content (AvgIpc) is 3.55. The molecule has 0 radical (unpaired) electrons. The van der Waals surface area contributed by atoms with Gasteiger partial charge in [0.1, 0.15) is 5.69 Å². The van der Waals surface area contributed by atoms with Gasteiger partial charge < -0.3 is 10.0 Å². The number of H-pyrrole nitrogens is 1. The van der Waals surface area contributed by atoms with Gasteiger partial charge >= 0.3 is 5.97 Å². The zero-order valence-electron chi connectivity index (χ0n) is 19.7. The van der Waals surface area contributed by atoms with Gasteiger partial charge in [-0.2, -0.15) is 0 Å². The van der Waals surface area contributed by atoms with Gasteiger partial charge in [-0.3, -0.25) is 9.89 Å². The molecular weight excluding hydrogens is 490 g/mol. The predicted molar refractivity (Wildman–Crippen MR) is 137 cm³/mol. The van der Waals surface area contributed by atoms with E-state index in [2.05, 4.69) is 15.4 Å². The first kappa shape index (κ1) is 23.2. The van der Waals surface area contributed by atoms with E-state index in [1.807, 2.05) is 42.5 Å². The van der Waals surface area contributed by atoms with Crippen molar-refractivity contribution in [3.63, 3.8) is 0 Å². The number of aromatic carboxylic acids is 1. The normalized spacial score (nSPS) is 12.6. The molecule has 0 unspecified atom stereocenters. The summed E-state index contributed by atoms with van der Waals surface area (Å²) in [6.45, 7) is 0.153. The van der Waals surface area contributed by atoms with Crippen molar-refractivity contribution in [3.8, 4) is 33.6 Å². The Labute approximate surface area is 215 Å². The van der Waals surface area contributed by atoms with Crippen molar-refractivity contribution < 1.29 is 23.5 Å². The lowest BCUT2D eigenvalue weighted by molar-refractivity contribution is 0.0697. The minimum atomic E-state index is -1.21. The van der Waals surface area contributed by atoms with Gasteiger partial charge in [-0.25, -0.2) is 13.6 Å². The molecule has 4 aromatic carbocycles. The number of halogens is 2. The zero-order chi connectivity index (χ0) is 26.4. The van der Waals surface area contributed by atoms with E-state index in [1.165, 1.54) is 29.2 Å². The maximum Gasteiger partial charge on any atom is 0.337 e. The molecule has 38 heavy (non-hydrogen) atoms. The van der Waals surface area contributed by atoms with Crippen molar-refractivity contribution in [2.45, 2.75) is 6.54 Å². The topological polar surface area (TPSA) is 99.2 Å². The molecule has 7 nitrogen and oxygen atoms in total. The molecule has 6 rings (SSSR count). The van der Waals surface area contributed by atoms with Gasteiger partial charge in [0.15, 0.2) is 11.6 Å². The molecule has 5 aromatic rings. The van der Waals surface area contributed by atoms with Gasteiger partial charge in [-0.1, -0.05) is 59.8 Å². The number of aromatic nitrogens is 3. The van der Waals surface area contributed by atoms with Crippen LogP contribution in [0.3, 0.4) is 0 Å². The molecule has 186 valence electrons. The van der Waals surface area contributed by atoms with Gasteiger partial charge in [0, 0.05) is 16.7 Å². The summed E-state index contributed by atoms with van der Waals surface area (Å²) < 4.78 is 27.3. The highest BCUT2D eigenvalue weighted by molar-refractivity contribution is 6.13. The van der Waals surface area contributed by atoms with E-state index in [0.717, 1.165) is 23.3 Å². The number of carbonyl (C=O) groups excluding carboxylic acids is 1. The highest BCUT2D eigenvalue weighted by atomic mass is 19.2. The first-order valence-electron chi connectivity index (χ1n) is 11.6. The first-order chi connectivity index (χ1) is 18.4. The van der Waals surface area contributed by atoms with Gasteiger partial charge in [0.2, 0.25) is 0 Å². The summed E-state index contributed by atoms with van der Waals surface area (Å²) in [7, 11) is 0. The number of nitrogens with one attached hydrogen (secondary N) is 1. The number of anilines is 1. The lowest BCUT2D eigenvalue weighted by Crippen LogP contribution is -2.25. The third kappa shape index (κ3) is 3.90. The smallest absolute Gasteiger partial charge is 0.337 e. The third-order valence-corrected chi connectivity index (χ3v) is 6.57. The summed E-state index contributed by atoms with van der Waals surface area (Å²) in [5, 5.41) is 20.9. The fourth-order valence-corrected chi connectivity index (χ4v) is 4.67. The van der Waals surface area contributed by atoms with E-state index in [-0.39, 0.29) is 23.7 Å². The molecule has 2 N–H and O–H groups in total. The number of amides is 1. The molecule has 1 amide bonds. The maximum atomic E-state index is 13.9.